The van der Waals surface area contributed by atoms with Crippen molar-refractivity contribution in [3.05, 3.63) is 65.2 Å². The van der Waals surface area contributed by atoms with Crippen LogP contribution in [0.5, 0.6) is 0 Å². The van der Waals surface area contributed by atoms with Crippen molar-refractivity contribution in [2.24, 2.45) is 0 Å². The second-order valence-electron chi connectivity index (χ2n) is 7.17. The van der Waals surface area contributed by atoms with Crippen LogP contribution >= 0.6 is 0 Å². The van der Waals surface area contributed by atoms with Gasteiger partial charge in [0.1, 0.15) is 6.04 Å². The standard InChI is InChI=1S/C21H25F3N2O3S/c1-15-7-4-8-17(13-15)9-6-12-25-20(27)16(2)26(30(3,28)29)19-11-5-10-18(14-19)21(22,23)24/h4-5,7-8,10-11,13-14,16H,6,9,12H2,1-3H3,(H,25,27)/t16-/m0/s1. The van der Waals surface area contributed by atoms with Crippen LogP contribution in [-0.4, -0.2) is 33.2 Å². The molecular formula is C21H25F3N2O3S. The Bertz CT molecular complexity index is 991. The first-order chi connectivity index (χ1) is 13.9. The molecule has 1 atom stereocenters. The Morgan fingerprint density at radius 3 is 2.40 bits per heavy atom. The molecule has 0 aliphatic rings. The van der Waals surface area contributed by atoms with E-state index >= 15 is 0 Å². The van der Waals surface area contributed by atoms with E-state index < -0.39 is 33.7 Å². The average Bonchev–Trinajstić information content (AvgIpc) is 2.63. The highest BCUT2D eigenvalue weighted by Crippen LogP contribution is 2.32. The van der Waals surface area contributed by atoms with Gasteiger partial charge in [-0.15, -0.1) is 0 Å². The molecule has 0 saturated carbocycles. The maximum absolute atomic E-state index is 13.0. The fourth-order valence-electron chi connectivity index (χ4n) is 3.15. The van der Waals surface area contributed by atoms with Crippen LogP contribution in [0.4, 0.5) is 18.9 Å². The van der Waals surface area contributed by atoms with E-state index in [-0.39, 0.29) is 5.69 Å². The maximum Gasteiger partial charge on any atom is 0.416 e. The van der Waals surface area contributed by atoms with Crippen LogP contribution in [0.25, 0.3) is 0 Å². The van der Waals surface area contributed by atoms with Crippen LogP contribution in [0.15, 0.2) is 48.5 Å². The van der Waals surface area contributed by atoms with E-state index in [2.05, 4.69) is 5.32 Å². The number of halogens is 3. The molecule has 0 aliphatic carbocycles. The number of alkyl halides is 3. The van der Waals surface area contributed by atoms with Gasteiger partial charge in [0.05, 0.1) is 17.5 Å². The smallest absolute Gasteiger partial charge is 0.354 e. The summed E-state index contributed by atoms with van der Waals surface area (Å²) in [5.74, 6) is -0.581. The van der Waals surface area contributed by atoms with Gasteiger partial charge < -0.3 is 5.32 Å². The van der Waals surface area contributed by atoms with Crippen molar-refractivity contribution >= 4 is 21.6 Å². The number of anilines is 1. The van der Waals surface area contributed by atoms with Crippen molar-refractivity contribution in [2.45, 2.75) is 38.9 Å². The number of amides is 1. The molecule has 0 bridgehead atoms. The summed E-state index contributed by atoms with van der Waals surface area (Å²) in [5.41, 5.74) is 1.06. The molecule has 0 aromatic heterocycles. The van der Waals surface area contributed by atoms with Crippen molar-refractivity contribution in [1.82, 2.24) is 5.32 Å². The van der Waals surface area contributed by atoms with Gasteiger partial charge in [-0.05, 0) is 50.5 Å². The minimum Gasteiger partial charge on any atom is -0.354 e. The van der Waals surface area contributed by atoms with E-state index in [0.29, 0.717) is 17.3 Å². The summed E-state index contributed by atoms with van der Waals surface area (Å²) in [6, 6.07) is 10.7. The van der Waals surface area contributed by atoms with Gasteiger partial charge in [-0.1, -0.05) is 35.9 Å². The summed E-state index contributed by atoms with van der Waals surface area (Å²) in [4.78, 5) is 12.5. The molecule has 164 valence electrons. The van der Waals surface area contributed by atoms with Gasteiger partial charge >= 0.3 is 6.18 Å². The molecule has 2 aromatic rings. The second kappa shape index (κ2) is 9.51. The largest absolute Gasteiger partial charge is 0.416 e. The number of aryl methyl sites for hydroxylation is 2. The molecule has 0 spiro atoms. The Balaban J connectivity index is 2.08. The fraction of sp³-hybridized carbons (Fsp3) is 0.381. The zero-order valence-corrected chi connectivity index (χ0v) is 17.8. The lowest BCUT2D eigenvalue weighted by Crippen LogP contribution is -2.48. The molecule has 0 saturated heterocycles. The highest BCUT2D eigenvalue weighted by atomic mass is 32.2. The molecule has 2 aromatic carbocycles. The monoisotopic (exact) mass is 442 g/mol. The SMILES string of the molecule is Cc1cccc(CCCNC(=O)[C@H](C)N(c2cccc(C(F)(F)F)c2)S(C)(=O)=O)c1. The van der Waals surface area contributed by atoms with Gasteiger partial charge in [-0.3, -0.25) is 9.10 Å². The normalized spacial score (nSPS) is 13.0. The first-order valence-electron chi connectivity index (χ1n) is 9.39. The molecule has 9 heteroatoms. The summed E-state index contributed by atoms with van der Waals surface area (Å²) in [5, 5.41) is 2.67. The van der Waals surface area contributed by atoms with E-state index in [9.17, 15) is 26.4 Å². The first kappa shape index (κ1) is 23.7. The van der Waals surface area contributed by atoms with Crippen LogP contribution in [0.2, 0.25) is 0 Å². The third-order valence-corrected chi connectivity index (χ3v) is 5.78. The highest BCUT2D eigenvalue weighted by molar-refractivity contribution is 7.92. The summed E-state index contributed by atoms with van der Waals surface area (Å²) in [6.07, 6.45) is -2.39. The molecule has 0 fully saturated rings. The van der Waals surface area contributed by atoms with Gasteiger partial charge in [-0.2, -0.15) is 13.2 Å². The van der Waals surface area contributed by atoms with E-state index in [4.69, 9.17) is 0 Å². The zero-order valence-electron chi connectivity index (χ0n) is 17.0. The minimum atomic E-state index is -4.62. The van der Waals surface area contributed by atoms with Crippen LogP contribution in [0, 0.1) is 6.92 Å². The topological polar surface area (TPSA) is 66.5 Å². The summed E-state index contributed by atoms with van der Waals surface area (Å²) < 4.78 is 64.2. The number of rotatable bonds is 8. The summed E-state index contributed by atoms with van der Waals surface area (Å²) >= 11 is 0. The van der Waals surface area contributed by atoms with Gasteiger partial charge in [0, 0.05) is 6.54 Å². The van der Waals surface area contributed by atoms with Crippen LogP contribution in [0.1, 0.15) is 30.0 Å². The predicted octanol–water partition coefficient (Wildman–Crippen LogP) is 3.92. The van der Waals surface area contributed by atoms with E-state index in [1.165, 1.54) is 13.0 Å². The number of carbonyl (C=O) groups is 1. The lowest BCUT2D eigenvalue weighted by atomic mass is 10.1. The van der Waals surface area contributed by atoms with E-state index in [1.807, 2.05) is 31.2 Å². The van der Waals surface area contributed by atoms with E-state index in [0.717, 1.165) is 42.0 Å². The molecule has 0 radical (unpaired) electrons. The van der Waals surface area contributed by atoms with Gasteiger partial charge in [0.25, 0.3) is 0 Å². The number of hydrogen-bond donors (Lipinski definition) is 1. The molecule has 0 heterocycles. The Labute approximate surface area is 175 Å². The lowest BCUT2D eigenvalue weighted by Gasteiger charge is -2.28. The Morgan fingerprint density at radius 1 is 1.13 bits per heavy atom. The zero-order chi connectivity index (χ0) is 22.5. The summed E-state index contributed by atoms with van der Waals surface area (Å²) in [7, 11) is -4.00. The van der Waals surface area contributed by atoms with Crippen molar-refractivity contribution in [3.63, 3.8) is 0 Å². The first-order valence-corrected chi connectivity index (χ1v) is 11.2. The average molecular weight is 443 g/mol. The molecular weight excluding hydrogens is 417 g/mol. The molecule has 2 rings (SSSR count). The summed E-state index contributed by atoms with van der Waals surface area (Å²) in [6.45, 7) is 3.65. The van der Waals surface area contributed by atoms with Crippen molar-refractivity contribution in [3.8, 4) is 0 Å². The predicted molar refractivity (Wildman–Crippen MR) is 111 cm³/mol. The van der Waals surface area contributed by atoms with Gasteiger partial charge in [0.2, 0.25) is 15.9 Å². The number of benzene rings is 2. The quantitative estimate of drug-likeness (QED) is 0.631. The lowest BCUT2D eigenvalue weighted by molar-refractivity contribution is -0.137. The number of sulfonamides is 1. The molecule has 0 aliphatic heterocycles. The Morgan fingerprint density at radius 2 is 1.80 bits per heavy atom. The molecule has 1 N–H and O–H groups in total. The highest BCUT2D eigenvalue weighted by Gasteiger charge is 2.33. The second-order valence-corrected chi connectivity index (χ2v) is 9.03. The third kappa shape index (κ3) is 6.48. The Hall–Kier alpha value is -2.55. The van der Waals surface area contributed by atoms with Crippen LogP contribution in [0.3, 0.4) is 0 Å². The fourth-order valence-corrected chi connectivity index (χ4v) is 4.31. The van der Waals surface area contributed by atoms with Crippen LogP contribution in [-0.2, 0) is 27.4 Å². The minimum absolute atomic E-state index is 0.213. The van der Waals surface area contributed by atoms with Crippen LogP contribution < -0.4 is 9.62 Å². The number of carbonyl (C=O) groups excluding carboxylic acids is 1. The molecule has 1 amide bonds. The van der Waals surface area contributed by atoms with Gasteiger partial charge in [-0.25, -0.2) is 8.42 Å². The number of hydrogen-bond acceptors (Lipinski definition) is 3. The van der Waals surface area contributed by atoms with E-state index in [1.54, 1.807) is 0 Å². The maximum atomic E-state index is 13.0. The number of nitrogens with one attached hydrogen (secondary N) is 1. The van der Waals surface area contributed by atoms with Gasteiger partial charge in [0.15, 0.2) is 0 Å². The molecule has 30 heavy (non-hydrogen) atoms. The van der Waals surface area contributed by atoms with Crippen molar-refractivity contribution < 1.29 is 26.4 Å². The third-order valence-electron chi connectivity index (χ3n) is 4.54. The number of nitrogens with zero attached hydrogens (tertiary/aromatic N) is 1. The van der Waals surface area contributed by atoms with Crippen molar-refractivity contribution in [1.29, 1.82) is 0 Å². The molecule has 5 nitrogen and oxygen atoms in total. The Kier molecular flexibility index (Phi) is 7.52. The van der Waals surface area contributed by atoms with Crippen molar-refractivity contribution in [2.75, 3.05) is 17.1 Å². The molecule has 0 unspecified atom stereocenters.